The molecule has 0 aromatic carbocycles. The molecule has 0 bridgehead atoms. The molecule has 18 heavy (non-hydrogen) atoms. The van der Waals surface area contributed by atoms with Gasteiger partial charge in [-0.15, -0.1) is 0 Å². The molecule has 0 aliphatic carbocycles. The summed E-state index contributed by atoms with van der Waals surface area (Å²) in [5.41, 5.74) is 1.27. The van der Waals surface area contributed by atoms with Crippen molar-refractivity contribution < 1.29 is 0 Å². The van der Waals surface area contributed by atoms with Crippen LogP contribution in [0.15, 0.2) is 24.5 Å². The number of nitrogens with one attached hydrogen (secondary N) is 1. The molecule has 0 saturated carbocycles. The SMILES string of the molecule is CC(C)CC(CC(C)C)NC(C)c1cccnc1. The van der Waals surface area contributed by atoms with E-state index in [0.717, 1.165) is 11.8 Å². The highest BCUT2D eigenvalue weighted by atomic mass is 14.9. The molecule has 1 N–H and O–H groups in total. The molecule has 1 aromatic rings. The molecule has 0 spiro atoms. The maximum Gasteiger partial charge on any atom is 0.0315 e. The predicted molar refractivity (Wildman–Crippen MR) is 78.5 cm³/mol. The van der Waals surface area contributed by atoms with Crippen molar-refractivity contribution in [1.82, 2.24) is 10.3 Å². The van der Waals surface area contributed by atoms with Gasteiger partial charge < -0.3 is 5.32 Å². The second-order valence-corrected chi connectivity index (χ2v) is 6.13. The van der Waals surface area contributed by atoms with Gasteiger partial charge in [-0.2, -0.15) is 0 Å². The molecule has 0 saturated heterocycles. The standard InChI is InChI=1S/C16H28N2/c1-12(2)9-16(10-13(3)4)18-14(5)15-7-6-8-17-11-15/h6-8,11-14,16,18H,9-10H2,1-5H3. The van der Waals surface area contributed by atoms with Gasteiger partial charge in [0.15, 0.2) is 0 Å². The summed E-state index contributed by atoms with van der Waals surface area (Å²) in [6.07, 6.45) is 6.26. The first-order valence-electron chi connectivity index (χ1n) is 7.15. The largest absolute Gasteiger partial charge is 0.307 e. The van der Waals surface area contributed by atoms with Crippen LogP contribution < -0.4 is 5.32 Å². The van der Waals surface area contributed by atoms with Crippen LogP contribution in [0.3, 0.4) is 0 Å². The average molecular weight is 248 g/mol. The van der Waals surface area contributed by atoms with Crippen molar-refractivity contribution in [2.24, 2.45) is 11.8 Å². The second-order valence-electron chi connectivity index (χ2n) is 6.13. The monoisotopic (exact) mass is 248 g/mol. The fourth-order valence-corrected chi connectivity index (χ4v) is 2.45. The van der Waals surface area contributed by atoms with Crippen LogP contribution in [0.5, 0.6) is 0 Å². The lowest BCUT2D eigenvalue weighted by molar-refractivity contribution is 0.335. The zero-order valence-electron chi connectivity index (χ0n) is 12.5. The van der Waals surface area contributed by atoms with Gasteiger partial charge in [-0.25, -0.2) is 0 Å². The van der Waals surface area contributed by atoms with Gasteiger partial charge in [-0.1, -0.05) is 33.8 Å². The van der Waals surface area contributed by atoms with E-state index in [0.29, 0.717) is 12.1 Å². The minimum Gasteiger partial charge on any atom is -0.307 e. The molecule has 1 atom stereocenters. The highest BCUT2D eigenvalue weighted by molar-refractivity contribution is 5.12. The van der Waals surface area contributed by atoms with Gasteiger partial charge in [0.05, 0.1) is 0 Å². The third-order valence-corrected chi connectivity index (χ3v) is 3.18. The Labute approximate surface area is 112 Å². The van der Waals surface area contributed by atoms with Gasteiger partial charge in [0.25, 0.3) is 0 Å². The van der Waals surface area contributed by atoms with E-state index in [9.17, 15) is 0 Å². The van der Waals surface area contributed by atoms with Crippen LogP contribution in [-0.2, 0) is 0 Å². The van der Waals surface area contributed by atoms with Gasteiger partial charge in [-0.3, -0.25) is 4.98 Å². The first-order valence-corrected chi connectivity index (χ1v) is 7.15. The predicted octanol–water partition coefficient (Wildman–Crippen LogP) is 4.19. The van der Waals surface area contributed by atoms with E-state index in [1.807, 2.05) is 18.5 Å². The third-order valence-electron chi connectivity index (χ3n) is 3.18. The fraction of sp³-hybridized carbons (Fsp3) is 0.688. The average Bonchev–Trinajstić information content (AvgIpc) is 2.28. The number of aromatic nitrogens is 1. The summed E-state index contributed by atoms with van der Waals surface area (Å²) in [4.78, 5) is 4.19. The topological polar surface area (TPSA) is 24.9 Å². The summed E-state index contributed by atoms with van der Waals surface area (Å²) in [5.74, 6) is 1.48. The molecule has 0 amide bonds. The van der Waals surface area contributed by atoms with E-state index in [-0.39, 0.29) is 0 Å². The lowest BCUT2D eigenvalue weighted by Crippen LogP contribution is -2.34. The number of nitrogens with zero attached hydrogens (tertiary/aromatic N) is 1. The molecule has 0 aliphatic rings. The van der Waals surface area contributed by atoms with E-state index in [4.69, 9.17) is 0 Å². The Morgan fingerprint density at radius 3 is 2.11 bits per heavy atom. The molecule has 2 heteroatoms. The Morgan fingerprint density at radius 2 is 1.67 bits per heavy atom. The zero-order valence-corrected chi connectivity index (χ0v) is 12.5. The molecule has 102 valence electrons. The van der Waals surface area contributed by atoms with Crippen molar-refractivity contribution in [1.29, 1.82) is 0 Å². The molecule has 1 heterocycles. The van der Waals surface area contributed by atoms with E-state index >= 15 is 0 Å². The number of hydrogen-bond donors (Lipinski definition) is 1. The molecule has 0 radical (unpaired) electrons. The Morgan fingerprint density at radius 1 is 1.06 bits per heavy atom. The van der Waals surface area contributed by atoms with Crippen molar-refractivity contribution in [3.63, 3.8) is 0 Å². The normalized spacial score (nSPS) is 13.6. The number of hydrogen-bond acceptors (Lipinski definition) is 2. The van der Waals surface area contributed by atoms with E-state index in [2.05, 4.69) is 51.0 Å². The van der Waals surface area contributed by atoms with Gasteiger partial charge in [0.1, 0.15) is 0 Å². The first-order chi connectivity index (χ1) is 8.49. The van der Waals surface area contributed by atoms with Crippen molar-refractivity contribution in [2.75, 3.05) is 0 Å². The Balaban J connectivity index is 2.59. The maximum absolute atomic E-state index is 4.19. The Bertz CT molecular complexity index is 309. The molecule has 1 aromatic heterocycles. The van der Waals surface area contributed by atoms with Crippen molar-refractivity contribution in [2.45, 2.75) is 59.5 Å². The van der Waals surface area contributed by atoms with E-state index in [1.165, 1.54) is 18.4 Å². The zero-order chi connectivity index (χ0) is 13.5. The fourth-order valence-electron chi connectivity index (χ4n) is 2.45. The second kappa shape index (κ2) is 7.52. The summed E-state index contributed by atoms with van der Waals surface area (Å²) in [6, 6.07) is 5.13. The minimum absolute atomic E-state index is 0.376. The minimum atomic E-state index is 0.376. The van der Waals surface area contributed by atoms with Crippen LogP contribution in [0, 0.1) is 11.8 Å². The molecule has 0 fully saturated rings. The Hall–Kier alpha value is -0.890. The Kier molecular flexibility index (Phi) is 6.34. The van der Waals surface area contributed by atoms with E-state index < -0.39 is 0 Å². The van der Waals surface area contributed by atoms with E-state index in [1.54, 1.807) is 0 Å². The number of pyridine rings is 1. The van der Waals surface area contributed by atoms with Crippen LogP contribution in [0.1, 0.15) is 59.1 Å². The summed E-state index contributed by atoms with van der Waals surface area (Å²) in [6.45, 7) is 11.4. The molecule has 1 unspecified atom stereocenters. The summed E-state index contributed by atoms with van der Waals surface area (Å²) in [7, 11) is 0. The summed E-state index contributed by atoms with van der Waals surface area (Å²) in [5, 5.41) is 3.76. The van der Waals surface area contributed by atoms with Crippen LogP contribution in [-0.4, -0.2) is 11.0 Å². The molecule has 2 nitrogen and oxygen atoms in total. The van der Waals surface area contributed by atoms with Gasteiger partial charge in [0, 0.05) is 24.5 Å². The first kappa shape index (κ1) is 15.2. The summed E-state index contributed by atoms with van der Waals surface area (Å²) < 4.78 is 0. The maximum atomic E-state index is 4.19. The van der Waals surface area contributed by atoms with Crippen molar-refractivity contribution >= 4 is 0 Å². The lowest BCUT2D eigenvalue weighted by atomic mass is 9.94. The third kappa shape index (κ3) is 5.63. The van der Waals surface area contributed by atoms with Crippen molar-refractivity contribution in [3.05, 3.63) is 30.1 Å². The molecular weight excluding hydrogens is 220 g/mol. The highest BCUT2D eigenvalue weighted by Gasteiger charge is 2.16. The van der Waals surface area contributed by atoms with Gasteiger partial charge in [-0.05, 0) is 43.2 Å². The van der Waals surface area contributed by atoms with Gasteiger partial charge >= 0.3 is 0 Å². The molecule has 1 rings (SSSR count). The smallest absolute Gasteiger partial charge is 0.0315 e. The van der Waals surface area contributed by atoms with Crippen LogP contribution in [0.4, 0.5) is 0 Å². The number of rotatable bonds is 7. The van der Waals surface area contributed by atoms with Crippen molar-refractivity contribution in [3.8, 4) is 0 Å². The molecule has 0 aliphatic heterocycles. The van der Waals surface area contributed by atoms with Crippen LogP contribution in [0.25, 0.3) is 0 Å². The molecular formula is C16H28N2. The summed E-state index contributed by atoms with van der Waals surface area (Å²) >= 11 is 0. The highest BCUT2D eigenvalue weighted by Crippen LogP contribution is 2.18. The lowest BCUT2D eigenvalue weighted by Gasteiger charge is -2.26. The van der Waals surface area contributed by atoms with Gasteiger partial charge in [0.2, 0.25) is 0 Å². The van der Waals surface area contributed by atoms with Crippen LogP contribution in [0.2, 0.25) is 0 Å². The van der Waals surface area contributed by atoms with Crippen LogP contribution >= 0.6 is 0 Å². The quantitative estimate of drug-likeness (QED) is 0.782.